The zero-order chi connectivity index (χ0) is 20.0. The molecule has 9 heteroatoms. The molecule has 0 aliphatic heterocycles. The van der Waals surface area contributed by atoms with Crippen LogP contribution >= 0.6 is 11.6 Å². The average molecular weight is 406 g/mol. The van der Waals surface area contributed by atoms with Crippen LogP contribution in [0.25, 0.3) is 22.1 Å². The summed E-state index contributed by atoms with van der Waals surface area (Å²) in [6.45, 7) is 0. The summed E-state index contributed by atoms with van der Waals surface area (Å²) < 4.78 is 9.66. The molecule has 3 aromatic heterocycles. The number of fused-ring (bicyclic) bond motifs is 2. The van der Waals surface area contributed by atoms with E-state index in [1.807, 2.05) is 61.1 Å². The van der Waals surface area contributed by atoms with Crippen LogP contribution in [0.1, 0.15) is 0 Å². The van der Waals surface area contributed by atoms with Crippen molar-refractivity contribution < 1.29 is 4.74 Å². The van der Waals surface area contributed by atoms with Crippen LogP contribution in [0.3, 0.4) is 0 Å². The first kappa shape index (κ1) is 17.4. The van der Waals surface area contributed by atoms with Crippen LogP contribution in [-0.2, 0) is 14.1 Å². The van der Waals surface area contributed by atoms with Crippen LogP contribution in [-0.4, -0.2) is 29.3 Å². The van der Waals surface area contributed by atoms with Crippen molar-refractivity contribution in [2.24, 2.45) is 14.1 Å². The number of anilines is 2. The molecule has 144 valence electrons. The van der Waals surface area contributed by atoms with Crippen molar-refractivity contribution in [2.75, 3.05) is 5.32 Å². The van der Waals surface area contributed by atoms with Gasteiger partial charge in [-0.3, -0.25) is 4.68 Å². The Labute approximate surface area is 170 Å². The van der Waals surface area contributed by atoms with Crippen molar-refractivity contribution in [2.45, 2.75) is 0 Å². The summed E-state index contributed by atoms with van der Waals surface area (Å²) in [4.78, 5) is 13.2. The number of nitrogens with zero attached hydrogens (tertiary/aromatic N) is 6. The van der Waals surface area contributed by atoms with Gasteiger partial charge in [0.1, 0.15) is 17.5 Å². The summed E-state index contributed by atoms with van der Waals surface area (Å²) in [6.07, 6.45) is 3.16. The molecule has 0 spiro atoms. The van der Waals surface area contributed by atoms with Gasteiger partial charge in [0.2, 0.25) is 11.8 Å². The van der Waals surface area contributed by atoms with Gasteiger partial charge >= 0.3 is 0 Å². The van der Waals surface area contributed by atoms with Gasteiger partial charge in [0.15, 0.2) is 5.65 Å². The molecular weight excluding hydrogens is 390 g/mol. The smallest absolute Gasteiger partial charge is 0.233 e. The van der Waals surface area contributed by atoms with E-state index in [1.165, 1.54) is 6.33 Å². The number of halogens is 1. The fourth-order valence-corrected chi connectivity index (χ4v) is 3.37. The number of hydrogen-bond acceptors (Lipinski definition) is 6. The molecule has 0 unspecified atom stereocenters. The Bertz CT molecular complexity index is 1360. The van der Waals surface area contributed by atoms with Crippen LogP contribution < -0.4 is 10.1 Å². The van der Waals surface area contributed by atoms with E-state index in [1.54, 1.807) is 10.9 Å². The van der Waals surface area contributed by atoms with E-state index in [4.69, 9.17) is 16.3 Å². The summed E-state index contributed by atoms with van der Waals surface area (Å²) in [5, 5.41) is 8.92. The molecule has 1 N–H and O–H groups in total. The second-order valence-electron chi connectivity index (χ2n) is 6.57. The minimum atomic E-state index is 0.454. The topological polar surface area (TPSA) is 82.7 Å². The number of benzene rings is 2. The molecule has 5 aromatic rings. The minimum Gasteiger partial charge on any atom is -0.438 e. The SMILES string of the molecule is Cn1ncc2c(Oc3ccc4c(c3)nc(Nc3cccc(Cl)c3)n4C)ncnc21. The van der Waals surface area contributed by atoms with Gasteiger partial charge in [-0.05, 0) is 30.3 Å². The molecule has 0 aliphatic rings. The third-order valence-corrected chi connectivity index (χ3v) is 4.88. The lowest BCUT2D eigenvalue weighted by molar-refractivity contribution is 0.468. The van der Waals surface area contributed by atoms with Gasteiger partial charge in [0.05, 0.1) is 17.2 Å². The Hall–Kier alpha value is -3.65. The van der Waals surface area contributed by atoms with Gasteiger partial charge in [0.25, 0.3) is 0 Å². The Morgan fingerprint density at radius 1 is 1.07 bits per heavy atom. The average Bonchev–Trinajstić information content (AvgIpc) is 3.23. The number of nitrogens with one attached hydrogen (secondary N) is 1. The highest BCUT2D eigenvalue weighted by Crippen LogP contribution is 2.30. The Kier molecular flexibility index (Phi) is 4.06. The van der Waals surface area contributed by atoms with Gasteiger partial charge in [-0.15, -0.1) is 0 Å². The normalized spacial score (nSPS) is 11.3. The first-order chi connectivity index (χ1) is 14.1. The van der Waals surface area contributed by atoms with Gasteiger partial charge in [-0.25, -0.2) is 15.0 Å². The number of aryl methyl sites for hydroxylation is 2. The number of aromatic nitrogens is 6. The lowest BCUT2D eigenvalue weighted by atomic mass is 10.3. The molecule has 3 heterocycles. The van der Waals surface area contributed by atoms with E-state index in [0.29, 0.717) is 28.2 Å². The zero-order valence-electron chi connectivity index (χ0n) is 15.7. The third kappa shape index (κ3) is 3.13. The van der Waals surface area contributed by atoms with Crippen LogP contribution in [0.4, 0.5) is 11.6 Å². The second-order valence-corrected chi connectivity index (χ2v) is 7.00. The molecule has 8 nitrogen and oxygen atoms in total. The molecule has 0 radical (unpaired) electrons. The predicted octanol–water partition coefficient (Wildman–Crippen LogP) is 4.44. The van der Waals surface area contributed by atoms with Crippen LogP contribution in [0.2, 0.25) is 5.02 Å². The number of imidazole rings is 1. The predicted molar refractivity (Wildman–Crippen MR) is 112 cm³/mol. The van der Waals surface area contributed by atoms with Crippen molar-refractivity contribution in [3.8, 4) is 11.6 Å². The van der Waals surface area contributed by atoms with Crippen LogP contribution in [0, 0.1) is 0 Å². The lowest BCUT2D eigenvalue weighted by Gasteiger charge is -2.06. The minimum absolute atomic E-state index is 0.454. The summed E-state index contributed by atoms with van der Waals surface area (Å²) in [5.41, 5.74) is 3.34. The Balaban J connectivity index is 1.48. The number of ether oxygens (including phenoxy) is 1. The standard InChI is InChI=1S/C20H16ClN7O/c1-27-17-7-6-14(29-19-15-10-24-28(2)18(15)22-11-23-19)9-16(17)26-20(27)25-13-5-3-4-12(21)8-13/h3-11H,1-2H3,(H,25,26). The highest BCUT2D eigenvalue weighted by atomic mass is 35.5. The second kappa shape index (κ2) is 6.75. The van der Waals surface area contributed by atoms with Crippen molar-refractivity contribution >= 4 is 45.3 Å². The van der Waals surface area contributed by atoms with E-state index in [2.05, 4.69) is 25.4 Å². The summed E-state index contributed by atoms with van der Waals surface area (Å²) in [6, 6.07) is 13.2. The van der Waals surface area contributed by atoms with E-state index >= 15 is 0 Å². The van der Waals surface area contributed by atoms with Crippen LogP contribution in [0.15, 0.2) is 55.0 Å². The molecule has 0 fully saturated rings. The van der Waals surface area contributed by atoms with Crippen molar-refractivity contribution in [3.05, 3.63) is 60.0 Å². The molecule has 0 saturated heterocycles. The van der Waals surface area contributed by atoms with Crippen molar-refractivity contribution in [1.82, 2.24) is 29.3 Å². The largest absolute Gasteiger partial charge is 0.438 e. The molecule has 0 amide bonds. The Morgan fingerprint density at radius 3 is 2.83 bits per heavy atom. The first-order valence-corrected chi connectivity index (χ1v) is 9.26. The van der Waals surface area contributed by atoms with E-state index in [0.717, 1.165) is 22.1 Å². The van der Waals surface area contributed by atoms with Gasteiger partial charge < -0.3 is 14.6 Å². The van der Waals surface area contributed by atoms with Gasteiger partial charge in [-0.2, -0.15) is 5.10 Å². The lowest BCUT2D eigenvalue weighted by Crippen LogP contribution is -1.98. The zero-order valence-corrected chi connectivity index (χ0v) is 16.4. The first-order valence-electron chi connectivity index (χ1n) is 8.88. The Morgan fingerprint density at radius 2 is 1.97 bits per heavy atom. The maximum atomic E-state index is 6.07. The maximum Gasteiger partial charge on any atom is 0.233 e. The third-order valence-electron chi connectivity index (χ3n) is 4.64. The van der Waals surface area contributed by atoms with Crippen molar-refractivity contribution in [1.29, 1.82) is 0 Å². The van der Waals surface area contributed by atoms with Crippen LogP contribution in [0.5, 0.6) is 11.6 Å². The van der Waals surface area contributed by atoms with E-state index < -0.39 is 0 Å². The highest BCUT2D eigenvalue weighted by molar-refractivity contribution is 6.30. The molecule has 0 atom stereocenters. The fraction of sp³-hybridized carbons (Fsp3) is 0.100. The summed E-state index contributed by atoms with van der Waals surface area (Å²) >= 11 is 6.07. The molecule has 0 aliphatic carbocycles. The van der Waals surface area contributed by atoms with Gasteiger partial charge in [-0.1, -0.05) is 17.7 Å². The molecule has 5 rings (SSSR count). The number of hydrogen-bond donors (Lipinski definition) is 1. The van der Waals surface area contributed by atoms with E-state index in [9.17, 15) is 0 Å². The molecule has 0 saturated carbocycles. The number of rotatable bonds is 4. The van der Waals surface area contributed by atoms with Gasteiger partial charge in [0, 0.05) is 30.9 Å². The molecular formula is C20H16ClN7O. The summed E-state index contributed by atoms with van der Waals surface area (Å²) in [7, 11) is 3.78. The summed E-state index contributed by atoms with van der Waals surface area (Å²) in [5.74, 6) is 1.79. The molecule has 29 heavy (non-hydrogen) atoms. The molecule has 0 bridgehead atoms. The van der Waals surface area contributed by atoms with E-state index in [-0.39, 0.29) is 0 Å². The fourth-order valence-electron chi connectivity index (χ4n) is 3.18. The molecule has 2 aromatic carbocycles. The maximum absolute atomic E-state index is 6.07. The monoisotopic (exact) mass is 405 g/mol. The quantitative estimate of drug-likeness (QED) is 0.476. The van der Waals surface area contributed by atoms with Crippen molar-refractivity contribution in [3.63, 3.8) is 0 Å². The highest BCUT2D eigenvalue weighted by Gasteiger charge is 2.13.